The molecule has 0 bridgehead atoms. The van der Waals surface area contributed by atoms with Crippen molar-refractivity contribution < 1.29 is 4.79 Å². The zero-order valence-electron chi connectivity index (χ0n) is 8.97. The molecule has 14 heavy (non-hydrogen) atoms. The quantitative estimate of drug-likeness (QED) is 0.745. The molecule has 0 atom stereocenters. The minimum Gasteiger partial charge on any atom is -0.354 e. The van der Waals surface area contributed by atoms with Gasteiger partial charge >= 0.3 is 0 Å². The first-order valence-electron chi connectivity index (χ1n) is 5.24. The fourth-order valence-corrected chi connectivity index (χ4v) is 1.68. The van der Waals surface area contributed by atoms with E-state index in [1.165, 1.54) is 12.8 Å². The van der Waals surface area contributed by atoms with Crippen molar-refractivity contribution in [1.29, 1.82) is 5.26 Å². The molecule has 0 aromatic heterocycles. The van der Waals surface area contributed by atoms with Gasteiger partial charge in [-0.3, -0.25) is 4.79 Å². The summed E-state index contributed by atoms with van der Waals surface area (Å²) in [5.74, 6) is 0.329. The molecule has 1 fully saturated rings. The van der Waals surface area contributed by atoms with Crippen molar-refractivity contribution in [2.45, 2.75) is 39.5 Å². The van der Waals surface area contributed by atoms with Crippen LogP contribution in [0.1, 0.15) is 39.5 Å². The summed E-state index contributed by atoms with van der Waals surface area (Å²) in [5, 5.41) is 11.6. The maximum absolute atomic E-state index is 11.6. The number of amides is 1. The van der Waals surface area contributed by atoms with Gasteiger partial charge in [-0.15, -0.1) is 0 Å². The predicted octanol–water partition coefficient (Wildman–Crippen LogP) is 1.84. The molecule has 1 saturated carbocycles. The second kappa shape index (κ2) is 4.45. The minimum atomic E-state index is -0.450. The van der Waals surface area contributed by atoms with E-state index in [4.69, 9.17) is 5.26 Å². The van der Waals surface area contributed by atoms with Crippen LogP contribution >= 0.6 is 0 Å². The van der Waals surface area contributed by atoms with Crippen LogP contribution in [0.15, 0.2) is 0 Å². The Kier molecular flexibility index (Phi) is 3.51. The first-order valence-corrected chi connectivity index (χ1v) is 5.24. The molecule has 1 N–H and O–H groups in total. The van der Waals surface area contributed by atoms with Crippen LogP contribution < -0.4 is 5.32 Å². The number of hydrogen-bond donors (Lipinski definition) is 1. The minimum absolute atomic E-state index is 0.130. The van der Waals surface area contributed by atoms with Gasteiger partial charge in [0.25, 0.3) is 0 Å². The molecule has 1 aliphatic carbocycles. The van der Waals surface area contributed by atoms with E-state index >= 15 is 0 Å². The molecule has 1 amide bonds. The summed E-state index contributed by atoms with van der Waals surface area (Å²) in [6.07, 6.45) is 4.36. The molecule has 78 valence electrons. The summed E-state index contributed by atoms with van der Waals surface area (Å²) in [7, 11) is 0. The van der Waals surface area contributed by atoms with Gasteiger partial charge in [-0.2, -0.15) is 5.26 Å². The molecule has 0 unspecified atom stereocenters. The third kappa shape index (κ3) is 3.02. The second-order valence-corrected chi connectivity index (χ2v) is 4.69. The Hall–Kier alpha value is -1.04. The van der Waals surface area contributed by atoms with Crippen molar-refractivity contribution in [1.82, 2.24) is 5.32 Å². The van der Waals surface area contributed by atoms with Crippen LogP contribution in [0.2, 0.25) is 0 Å². The third-order valence-electron chi connectivity index (χ3n) is 2.73. The van der Waals surface area contributed by atoms with Gasteiger partial charge in [0.15, 0.2) is 0 Å². The summed E-state index contributed by atoms with van der Waals surface area (Å²) in [6, 6.07) is 2.17. The second-order valence-electron chi connectivity index (χ2n) is 4.69. The number of nitrogens with one attached hydrogen (secondary N) is 1. The van der Waals surface area contributed by atoms with E-state index in [1.807, 2.05) is 13.8 Å². The number of nitriles is 1. The average molecular weight is 194 g/mol. The molecule has 3 nitrogen and oxygen atoms in total. The van der Waals surface area contributed by atoms with E-state index in [9.17, 15) is 4.79 Å². The topological polar surface area (TPSA) is 52.9 Å². The monoisotopic (exact) mass is 194 g/mol. The average Bonchev–Trinajstić information content (AvgIpc) is 2.67. The van der Waals surface area contributed by atoms with Crippen LogP contribution in [-0.2, 0) is 4.79 Å². The maximum atomic E-state index is 11.6. The van der Waals surface area contributed by atoms with Crippen molar-refractivity contribution in [3.8, 4) is 6.07 Å². The predicted molar refractivity (Wildman–Crippen MR) is 54.4 cm³/mol. The Bertz CT molecular complexity index is 247. The lowest BCUT2D eigenvalue weighted by Gasteiger charge is -2.17. The first kappa shape index (κ1) is 11.0. The smallest absolute Gasteiger partial charge is 0.223 e. The number of rotatable bonds is 3. The Morgan fingerprint density at radius 3 is 2.57 bits per heavy atom. The van der Waals surface area contributed by atoms with Gasteiger partial charge < -0.3 is 5.32 Å². The molecule has 0 spiro atoms. The fourth-order valence-electron chi connectivity index (χ4n) is 1.68. The molecule has 1 aliphatic rings. The van der Waals surface area contributed by atoms with Crippen LogP contribution in [-0.4, -0.2) is 12.5 Å². The van der Waals surface area contributed by atoms with Crippen molar-refractivity contribution >= 4 is 5.91 Å². The van der Waals surface area contributed by atoms with Gasteiger partial charge in [0.1, 0.15) is 0 Å². The largest absolute Gasteiger partial charge is 0.354 e. The van der Waals surface area contributed by atoms with Gasteiger partial charge in [0, 0.05) is 12.5 Å². The number of hydrogen-bond acceptors (Lipinski definition) is 2. The highest BCUT2D eigenvalue weighted by Crippen LogP contribution is 2.24. The molecule has 1 rings (SSSR count). The number of carbonyl (C=O) groups is 1. The van der Waals surface area contributed by atoms with E-state index < -0.39 is 5.41 Å². The van der Waals surface area contributed by atoms with Crippen LogP contribution in [0.5, 0.6) is 0 Å². The van der Waals surface area contributed by atoms with Gasteiger partial charge in [0.2, 0.25) is 5.91 Å². The van der Waals surface area contributed by atoms with Crippen molar-refractivity contribution in [2.24, 2.45) is 11.3 Å². The van der Waals surface area contributed by atoms with Gasteiger partial charge in [-0.1, -0.05) is 12.8 Å². The molecule has 0 aliphatic heterocycles. The standard InChI is InChI=1S/C11H18N2O/c1-11(2,7-12)8-13-10(14)9-5-3-4-6-9/h9H,3-6,8H2,1-2H3,(H,13,14). The van der Waals surface area contributed by atoms with Crippen LogP contribution in [0.3, 0.4) is 0 Å². The molecular formula is C11H18N2O. The lowest BCUT2D eigenvalue weighted by atomic mass is 9.95. The van der Waals surface area contributed by atoms with Crippen molar-refractivity contribution in [2.75, 3.05) is 6.54 Å². The lowest BCUT2D eigenvalue weighted by Crippen LogP contribution is -2.36. The van der Waals surface area contributed by atoms with Gasteiger partial charge in [-0.25, -0.2) is 0 Å². The van der Waals surface area contributed by atoms with Gasteiger partial charge in [-0.05, 0) is 26.7 Å². The molecule has 0 aromatic carbocycles. The lowest BCUT2D eigenvalue weighted by molar-refractivity contribution is -0.125. The Morgan fingerprint density at radius 1 is 1.50 bits per heavy atom. The number of nitrogens with zero attached hydrogens (tertiary/aromatic N) is 1. The maximum Gasteiger partial charge on any atom is 0.223 e. The van der Waals surface area contributed by atoms with Crippen LogP contribution in [0, 0.1) is 22.7 Å². The molecule has 3 heteroatoms. The van der Waals surface area contributed by atoms with Gasteiger partial charge in [0.05, 0.1) is 11.5 Å². The summed E-state index contributed by atoms with van der Waals surface area (Å²) < 4.78 is 0. The number of carbonyl (C=O) groups excluding carboxylic acids is 1. The summed E-state index contributed by atoms with van der Waals surface area (Å²) in [5.41, 5.74) is -0.450. The molecule has 0 aromatic rings. The Balaban J connectivity index is 2.31. The van der Waals surface area contributed by atoms with Crippen molar-refractivity contribution in [3.05, 3.63) is 0 Å². The zero-order chi connectivity index (χ0) is 10.6. The summed E-state index contributed by atoms with van der Waals surface area (Å²) in [4.78, 5) is 11.6. The normalized spacial score (nSPS) is 17.8. The van der Waals surface area contributed by atoms with Crippen LogP contribution in [0.25, 0.3) is 0 Å². The highest BCUT2D eigenvalue weighted by atomic mass is 16.1. The fraction of sp³-hybridized carbons (Fsp3) is 0.818. The van der Waals surface area contributed by atoms with E-state index in [0.29, 0.717) is 6.54 Å². The highest BCUT2D eigenvalue weighted by Gasteiger charge is 2.24. The van der Waals surface area contributed by atoms with E-state index in [2.05, 4.69) is 11.4 Å². The van der Waals surface area contributed by atoms with Crippen LogP contribution in [0.4, 0.5) is 0 Å². The molecular weight excluding hydrogens is 176 g/mol. The zero-order valence-corrected chi connectivity index (χ0v) is 8.97. The Morgan fingerprint density at radius 2 is 2.07 bits per heavy atom. The summed E-state index contributed by atoms with van der Waals surface area (Å²) >= 11 is 0. The SMILES string of the molecule is CC(C)(C#N)CNC(=O)C1CCCC1. The van der Waals surface area contributed by atoms with E-state index in [-0.39, 0.29) is 11.8 Å². The molecule has 0 saturated heterocycles. The molecule has 0 heterocycles. The first-order chi connectivity index (χ1) is 6.55. The van der Waals surface area contributed by atoms with Crippen molar-refractivity contribution in [3.63, 3.8) is 0 Å². The van der Waals surface area contributed by atoms with E-state index in [0.717, 1.165) is 12.8 Å². The Labute approximate surface area is 85.5 Å². The molecule has 0 radical (unpaired) electrons. The highest BCUT2D eigenvalue weighted by molar-refractivity contribution is 5.78. The summed E-state index contributed by atoms with van der Waals surface area (Å²) in [6.45, 7) is 4.13. The third-order valence-corrected chi connectivity index (χ3v) is 2.73. The van der Waals surface area contributed by atoms with E-state index in [1.54, 1.807) is 0 Å².